The summed E-state index contributed by atoms with van der Waals surface area (Å²) in [6.07, 6.45) is 0. The lowest BCUT2D eigenvalue weighted by atomic mass is 10.0. The summed E-state index contributed by atoms with van der Waals surface area (Å²) in [5.41, 5.74) is 6.26. The van der Waals surface area contributed by atoms with Gasteiger partial charge >= 0.3 is 0 Å². The minimum Gasteiger partial charge on any atom is -0.379 e. The highest BCUT2D eigenvalue weighted by Crippen LogP contribution is 2.29. The van der Waals surface area contributed by atoms with Crippen molar-refractivity contribution in [3.63, 3.8) is 0 Å². The van der Waals surface area contributed by atoms with Gasteiger partial charge in [-0.25, -0.2) is 4.39 Å². The van der Waals surface area contributed by atoms with Crippen molar-refractivity contribution in [2.45, 2.75) is 6.04 Å². The molecule has 2 N–H and O–H groups in total. The maximum Gasteiger partial charge on any atom is 0.129 e. The van der Waals surface area contributed by atoms with Crippen LogP contribution < -0.4 is 5.73 Å². The monoisotopic (exact) mass is 258 g/mol. The van der Waals surface area contributed by atoms with Crippen LogP contribution in [0.4, 0.5) is 4.39 Å². The Hall–Kier alpha value is -0.680. The number of rotatable bonds is 3. The zero-order chi connectivity index (χ0) is 12.3. The number of hydrogen-bond acceptors (Lipinski definition) is 3. The maximum atomic E-state index is 13.8. The zero-order valence-electron chi connectivity index (χ0n) is 9.53. The van der Waals surface area contributed by atoms with E-state index in [0.717, 1.165) is 13.1 Å². The second-order valence-electron chi connectivity index (χ2n) is 4.04. The zero-order valence-corrected chi connectivity index (χ0v) is 10.3. The van der Waals surface area contributed by atoms with E-state index < -0.39 is 0 Å². The Balaban J connectivity index is 2.27. The third-order valence-electron chi connectivity index (χ3n) is 3.04. The van der Waals surface area contributed by atoms with Crippen molar-refractivity contribution in [1.29, 1.82) is 0 Å². The van der Waals surface area contributed by atoms with E-state index in [0.29, 0.717) is 30.3 Å². The highest BCUT2D eigenvalue weighted by Gasteiger charge is 2.25. The van der Waals surface area contributed by atoms with Gasteiger partial charge in [0.1, 0.15) is 5.82 Å². The number of halogens is 2. The molecular formula is C12H16ClFN2O. The molecular weight excluding hydrogens is 243 g/mol. The van der Waals surface area contributed by atoms with Crippen molar-refractivity contribution in [3.8, 4) is 0 Å². The van der Waals surface area contributed by atoms with E-state index >= 15 is 0 Å². The average molecular weight is 259 g/mol. The van der Waals surface area contributed by atoms with Crippen molar-refractivity contribution in [3.05, 3.63) is 34.6 Å². The molecule has 1 heterocycles. The predicted octanol–water partition coefficient (Wildman–Crippen LogP) is 1.81. The summed E-state index contributed by atoms with van der Waals surface area (Å²) >= 11 is 6.07. The molecule has 17 heavy (non-hydrogen) atoms. The molecule has 94 valence electrons. The van der Waals surface area contributed by atoms with Crippen LogP contribution in [0.15, 0.2) is 18.2 Å². The molecule has 0 spiro atoms. The van der Waals surface area contributed by atoms with Gasteiger partial charge in [0.25, 0.3) is 0 Å². The normalized spacial score (nSPS) is 19.2. The first-order chi connectivity index (χ1) is 8.24. The first kappa shape index (κ1) is 12.8. The van der Waals surface area contributed by atoms with Crippen molar-refractivity contribution in [2.24, 2.45) is 5.73 Å². The van der Waals surface area contributed by atoms with Crippen LogP contribution in [-0.4, -0.2) is 37.7 Å². The molecule has 1 aromatic rings. The van der Waals surface area contributed by atoms with E-state index in [-0.39, 0.29) is 11.9 Å². The highest BCUT2D eigenvalue weighted by atomic mass is 35.5. The Labute approximate surface area is 105 Å². The van der Waals surface area contributed by atoms with Crippen molar-refractivity contribution < 1.29 is 9.13 Å². The maximum absolute atomic E-state index is 13.8. The molecule has 0 aromatic heterocycles. The van der Waals surface area contributed by atoms with E-state index in [1.54, 1.807) is 12.1 Å². The molecule has 0 radical (unpaired) electrons. The van der Waals surface area contributed by atoms with Gasteiger partial charge in [-0.2, -0.15) is 0 Å². The Bertz CT molecular complexity index is 363. The van der Waals surface area contributed by atoms with Crippen LogP contribution in [0.25, 0.3) is 0 Å². The van der Waals surface area contributed by atoms with Crippen LogP contribution in [0, 0.1) is 5.82 Å². The molecule has 3 nitrogen and oxygen atoms in total. The van der Waals surface area contributed by atoms with Crippen LogP contribution >= 0.6 is 11.6 Å². The Morgan fingerprint density at radius 2 is 2.12 bits per heavy atom. The first-order valence-electron chi connectivity index (χ1n) is 5.70. The van der Waals surface area contributed by atoms with Crippen LogP contribution in [-0.2, 0) is 4.74 Å². The van der Waals surface area contributed by atoms with Crippen molar-refractivity contribution in [2.75, 3.05) is 32.8 Å². The summed E-state index contributed by atoms with van der Waals surface area (Å²) < 4.78 is 19.1. The largest absolute Gasteiger partial charge is 0.379 e. The van der Waals surface area contributed by atoms with Crippen molar-refractivity contribution in [1.82, 2.24) is 4.90 Å². The quantitative estimate of drug-likeness (QED) is 0.899. The lowest BCUT2D eigenvalue weighted by Crippen LogP contribution is -2.42. The third-order valence-corrected chi connectivity index (χ3v) is 3.37. The molecule has 1 aliphatic rings. The summed E-state index contributed by atoms with van der Waals surface area (Å²) in [5, 5.41) is 0.437. The lowest BCUT2D eigenvalue weighted by molar-refractivity contribution is 0.0172. The fourth-order valence-corrected chi connectivity index (χ4v) is 2.46. The van der Waals surface area contributed by atoms with E-state index in [9.17, 15) is 4.39 Å². The van der Waals surface area contributed by atoms with E-state index in [1.165, 1.54) is 6.07 Å². The number of hydrogen-bond donors (Lipinski definition) is 1. The predicted molar refractivity (Wildman–Crippen MR) is 65.6 cm³/mol. The number of nitrogens with two attached hydrogens (primary N) is 1. The topological polar surface area (TPSA) is 38.5 Å². The minimum atomic E-state index is -0.292. The van der Waals surface area contributed by atoms with E-state index in [1.807, 2.05) is 0 Å². The second kappa shape index (κ2) is 5.78. The number of benzene rings is 1. The van der Waals surface area contributed by atoms with E-state index in [4.69, 9.17) is 22.1 Å². The molecule has 1 saturated heterocycles. The minimum absolute atomic E-state index is 0.174. The number of ether oxygens (including phenoxy) is 1. The van der Waals surface area contributed by atoms with Crippen molar-refractivity contribution >= 4 is 11.6 Å². The van der Waals surface area contributed by atoms with Gasteiger partial charge in [0, 0.05) is 30.2 Å². The summed E-state index contributed by atoms with van der Waals surface area (Å²) in [5.74, 6) is -0.292. The molecule has 0 aliphatic carbocycles. The van der Waals surface area contributed by atoms with Gasteiger partial charge in [0.2, 0.25) is 0 Å². The van der Waals surface area contributed by atoms with Crippen LogP contribution in [0.2, 0.25) is 5.02 Å². The fourth-order valence-electron chi connectivity index (χ4n) is 2.17. The van der Waals surface area contributed by atoms with Crippen LogP contribution in [0.5, 0.6) is 0 Å². The molecule has 0 amide bonds. The number of morpholine rings is 1. The van der Waals surface area contributed by atoms with E-state index in [2.05, 4.69) is 4.90 Å². The summed E-state index contributed by atoms with van der Waals surface area (Å²) in [6.45, 7) is 3.17. The Morgan fingerprint density at radius 1 is 1.41 bits per heavy atom. The first-order valence-corrected chi connectivity index (χ1v) is 6.07. The summed E-state index contributed by atoms with van der Waals surface area (Å²) in [4.78, 5) is 2.12. The third kappa shape index (κ3) is 2.77. The smallest absolute Gasteiger partial charge is 0.129 e. The molecule has 0 saturated carbocycles. The fraction of sp³-hybridized carbons (Fsp3) is 0.500. The Morgan fingerprint density at radius 3 is 2.71 bits per heavy atom. The molecule has 1 unspecified atom stereocenters. The molecule has 1 aromatic carbocycles. The Kier molecular flexibility index (Phi) is 4.34. The van der Waals surface area contributed by atoms with Gasteiger partial charge < -0.3 is 10.5 Å². The highest BCUT2D eigenvalue weighted by molar-refractivity contribution is 6.31. The van der Waals surface area contributed by atoms with Gasteiger partial charge in [-0.1, -0.05) is 17.7 Å². The molecule has 1 aliphatic heterocycles. The SMILES string of the molecule is NCC(c1c(F)cccc1Cl)N1CCOCC1. The second-order valence-corrected chi connectivity index (χ2v) is 4.44. The van der Waals surface area contributed by atoms with Crippen LogP contribution in [0.3, 0.4) is 0 Å². The molecule has 5 heteroatoms. The van der Waals surface area contributed by atoms with Gasteiger partial charge in [-0.3, -0.25) is 4.90 Å². The molecule has 2 rings (SSSR count). The van der Waals surface area contributed by atoms with Gasteiger partial charge in [-0.05, 0) is 12.1 Å². The summed E-state index contributed by atoms with van der Waals surface area (Å²) in [6, 6.07) is 4.55. The van der Waals surface area contributed by atoms with Gasteiger partial charge in [-0.15, -0.1) is 0 Å². The molecule has 1 atom stereocenters. The molecule has 0 bridgehead atoms. The van der Waals surface area contributed by atoms with Gasteiger partial charge in [0.15, 0.2) is 0 Å². The van der Waals surface area contributed by atoms with Crippen LogP contribution in [0.1, 0.15) is 11.6 Å². The van der Waals surface area contributed by atoms with Gasteiger partial charge in [0.05, 0.1) is 19.3 Å². The average Bonchev–Trinajstić information content (AvgIpc) is 2.35. The summed E-state index contributed by atoms with van der Waals surface area (Å²) in [7, 11) is 0. The molecule has 1 fully saturated rings. The lowest BCUT2D eigenvalue weighted by Gasteiger charge is -2.34. The standard InChI is InChI=1S/C12H16ClFN2O/c13-9-2-1-3-10(14)12(9)11(8-15)16-4-6-17-7-5-16/h1-3,11H,4-8,15H2. The number of nitrogens with zero attached hydrogens (tertiary/aromatic N) is 1.